The molecule has 4 nitrogen and oxygen atoms in total. The smallest absolute Gasteiger partial charge is 0.337 e. The standard InChI is InChI=1S/C13H19N2O2S.HI/c1-14(2)13(15(3)4)18-11-8-6-7-10(9-11)12(16)17-5;/h6-9H,1-5H3;1H/q+1;/p-1. The quantitative estimate of drug-likeness (QED) is 0.157. The fourth-order valence-electron chi connectivity index (χ4n) is 1.49. The van der Waals surface area contributed by atoms with E-state index in [4.69, 9.17) is 4.74 Å². The predicted molar refractivity (Wildman–Crippen MR) is 74.4 cm³/mol. The van der Waals surface area contributed by atoms with Gasteiger partial charge in [0.15, 0.2) is 0 Å². The highest BCUT2D eigenvalue weighted by atomic mass is 127. The number of halogens is 1. The van der Waals surface area contributed by atoms with Crippen molar-refractivity contribution < 1.29 is 38.1 Å². The summed E-state index contributed by atoms with van der Waals surface area (Å²) in [6, 6.07) is 7.42. The van der Waals surface area contributed by atoms with Gasteiger partial charge in [0.2, 0.25) is 0 Å². The maximum Gasteiger partial charge on any atom is 0.337 e. The van der Waals surface area contributed by atoms with Crippen LogP contribution in [-0.4, -0.2) is 55.9 Å². The number of amidine groups is 1. The highest BCUT2D eigenvalue weighted by Crippen LogP contribution is 2.21. The molecular formula is C13H19IN2O2S. The second kappa shape index (κ2) is 8.42. The molecule has 0 fully saturated rings. The highest BCUT2D eigenvalue weighted by Gasteiger charge is 2.15. The van der Waals surface area contributed by atoms with E-state index in [2.05, 4.69) is 0 Å². The SMILES string of the molecule is COC(=O)c1cccc(SC(N(C)C)=[N+](C)C)c1.[I-]. The van der Waals surface area contributed by atoms with Gasteiger partial charge < -0.3 is 28.7 Å². The number of benzene rings is 1. The molecule has 0 spiro atoms. The van der Waals surface area contributed by atoms with Crippen LogP contribution in [0.5, 0.6) is 0 Å². The Morgan fingerprint density at radius 3 is 2.42 bits per heavy atom. The van der Waals surface area contributed by atoms with Gasteiger partial charge in [0.05, 0.1) is 40.9 Å². The first-order valence-corrected chi connectivity index (χ1v) is 6.35. The summed E-state index contributed by atoms with van der Waals surface area (Å²) in [5, 5.41) is 1.09. The molecule has 0 aliphatic heterocycles. The minimum absolute atomic E-state index is 0. The summed E-state index contributed by atoms with van der Waals surface area (Å²) in [6.07, 6.45) is 0. The molecule has 0 atom stereocenters. The molecule has 1 aromatic carbocycles. The monoisotopic (exact) mass is 394 g/mol. The van der Waals surface area contributed by atoms with E-state index in [1.54, 1.807) is 17.8 Å². The van der Waals surface area contributed by atoms with Gasteiger partial charge in [-0.2, -0.15) is 0 Å². The van der Waals surface area contributed by atoms with Gasteiger partial charge >= 0.3 is 11.1 Å². The first-order chi connectivity index (χ1) is 8.45. The normalized spacial score (nSPS) is 9.32. The Bertz CT molecular complexity index is 471. The van der Waals surface area contributed by atoms with Gasteiger partial charge in [0, 0.05) is 4.90 Å². The molecule has 1 rings (SSSR count). The summed E-state index contributed by atoms with van der Waals surface area (Å²) >= 11 is 1.61. The number of methoxy groups -OCH3 is 1. The molecule has 0 saturated carbocycles. The van der Waals surface area contributed by atoms with Crippen LogP contribution in [0.25, 0.3) is 0 Å². The molecule has 0 radical (unpaired) electrons. The van der Waals surface area contributed by atoms with Crippen LogP contribution in [0.15, 0.2) is 29.2 Å². The summed E-state index contributed by atoms with van der Waals surface area (Å²) < 4.78 is 6.75. The number of carbonyl (C=O) groups excluding carboxylic acids is 1. The third-order valence-electron chi connectivity index (χ3n) is 2.23. The minimum atomic E-state index is -0.311. The molecule has 0 N–H and O–H groups in total. The lowest BCUT2D eigenvalue weighted by Crippen LogP contribution is -3.00. The molecule has 0 saturated heterocycles. The molecule has 6 heteroatoms. The van der Waals surface area contributed by atoms with Crippen LogP contribution < -0.4 is 24.0 Å². The zero-order valence-electron chi connectivity index (χ0n) is 11.8. The zero-order chi connectivity index (χ0) is 13.7. The van der Waals surface area contributed by atoms with Crippen molar-refractivity contribution >= 4 is 22.9 Å². The topological polar surface area (TPSA) is 32.5 Å². The fraction of sp³-hybridized carbons (Fsp3) is 0.385. The molecule has 106 valence electrons. The van der Waals surface area contributed by atoms with Crippen molar-refractivity contribution in [2.45, 2.75) is 4.90 Å². The van der Waals surface area contributed by atoms with Crippen molar-refractivity contribution in [3.63, 3.8) is 0 Å². The number of esters is 1. The summed E-state index contributed by atoms with van der Waals surface area (Å²) in [7, 11) is 9.36. The molecule has 0 aliphatic carbocycles. The van der Waals surface area contributed by atoms with Crippen molar-refractivity contribution in [3.05, 3.63) is 29.8 Å². The molecule has 0 unspecified atom stereocenters. The average Bonchev–Trinajstić information content (AvgIpc) is 2.34. The van der Waals surface area contributed by atoms with Crippen LogP contribution in [0.4, 0.5) is 0 Å². The van der Waals surface area contributed by atoms with Gasteiger partial charge in [-0.25, -0.2) is 4.79 Å². The Morgan fingerprint density at radius 2 is 1.95 bits per heavy atom. The van der Waals surface area contributed by atoms with Crippen LogP contribution in [0.1, 0.15) is 10.4 Å². The lowest BCUT2D eigenvalue weighted by molar-refractivity contribution is -0.466. The van der Waals surface area contributed by atoms with E-state index in [9.17, 15) is 4.79 Å². The first kappa shape index (κ1) is 18.2. The lowest BCUT2D eigenvalue weighted by Gasteiger charge is -2.10. The average molecular weight is 394 g/mol. The summed E-state index contributed by atoms with van der Waals surface area (Å²) in [5.74, 6) is -0.311. The second-order valence-electron chi connectivity index (χ2n) is 4.19. The molecule has 0 heterocycles. The Balaban J connectivity index is 0.00000324. The fourth-order valence-corrected chi connectivity index (χ4v) is 2.40. The maximum atomic E-state index is 11.5. The number of ether oxygens (including phenoxy) is 1. The van der Waals surface area contributed by atoms with Crippen LogP contribution in [0.2, 0.25) is 0 Å². The predicted octanol–water partition coefficient (Wildman–Crippen LogP) is -1.24. The number of nitrogens with zero attached hydrogens (tertiary/aromatic N) is 2. The van der Waals surface area contributed by atoms with Crippen molar-refractivity contribution in [1.29, 1.82) is 0 Å². The molecule has 0 amide bonds. The number of carbonyl (C=O) groups is 1. The van der Waals surface area contributed by atoms with Gasteiger partial charge in [-0.3, -0.25) is 9.48 Å². The molecule has 19 heavy (non-hydrogen) atoms. The maximum absolute atomic E-state index is 11.5. The van der Waals surface area contributed by atoms with Gasteiger partial charge in [-0.1, -0.05) is 6.07 Å². The number of hydrogen-bond donors (Lipinski definition) is 0. The van der Waals surface area contributed by atoms with E-state index in [0.29, 0.717) is 5.56 Å². The van der Waals surface area contributed by atoms with E-state index in [1.807, 2.05) is 55.9 Å². The van der Waals surface area contributed by atoms with Crippen molar-refractivity contribution in [1.82, 2.24) is 4.90 Å². The van der Waals surface area contributed by atoms with Gasteiger partial charge in [0.1, 0.15) is 0 Å². The second-order valence-corrected chi connectivity index (χ2v) is 5.23. The Morgan fingerprint density at radius 1 is 1.32 bits per heavy atom. The third kappa shape index (κ3) is 5.40. The van der Waals surface area contributed by atoms with Gasteiger partial charge in [-0.15, -0.1) is 0 Å². The summed E-state index contributed by atoms with van der Waals surface area (Å²) in [5.41, 5.74) is 0.569. The molecular weight excluding hydrogens is 375 g/mol. The largest absolute Gasteiger partial charge is 1.00 e. The molecule has 0 bridgehead atoms. The van der Waals surface area contributed by atoms with Gasteiger partial charge in [0.25, 0.3) is 0 Å². The van der Waals surface area contributed by atoms with Crippen LogP contribution in [-0.2, 0) is 4.74 Å². The van der Waals surface area contributed by atoms with Crippen molar-refractivity contribution in [2.75, 3.05) is 35.3 Å². The summed E-state index contributed by atoms with van der Waals surface area (Å²) in [6.45, 7) is 0. The third-order valence-corrected chi connectivity index (χ3v) is 3.63. The Labute approximate surface area is 135 Å². The zero-order valence-corrected chi connectivity index (χ0v) is 14.8. The Kier molecular flexibility index (Phi) is 8.08. The Hall–Kier alpha value is -0.760. The van der Waals surface area contributed by atoms with E-state index >= 15 is 0 Å². The number of hydrogen-bond acceptors (Lipinski definition) is 3. The van der Waals surface area contributed by atoms with Crippen LogP contribution >= 0.6 is 11.8 Å². The first-order valence-electron chi connectivity index (χ1n) is 5.53. The number of rotatable bonds is 2. The number of thioether (sulfide) groups is 1. The van der Waals surface area contributed by atoms with Crippen molar-refractivity contribution in [2.24, 2.45) is 0 Å². The van der Waals surface area contributed by atoms with E-state index < -0.39 is 0 Å². The lowest BCUT2D eigenvalue weighted by atomic mass is 10.2. The molecule has 1 aromatic rings. The van der Waals surface area contributed by atoms with Crippen molar-refractivity contribution in [3.8, 4) is 0 Å². The van der Waals surface area contributed by atoms with Crippen LogP contribution in [0, 0.1) is 0 Å². The van der Waals surface area contributed by atoms with Crippen LogP contribution in [0.3, 0.4) is 0 Å². The van der Waals surface area contributed by atoms with Gasteiger partial charge in [-0.05, 0) is 30.0 Å². The minimum Gasteiger partial charge on any atom is -1.00 e. The highest BCUT2D eigenvalue weighted by molar-refractivity contribution is 8.13. The van der Waals surface area contributed by atoms with E-state index in [0.717, 1.165) is 10.1 Å². The van der Waals surface area contributed by atoms with E-state index in [-0.39, 0.29) is 29.9 Å². The molecule has 0 aliphatic rings. The van der Waals surface area contributed by atoms with E-state index in [1.165, 1.54) is 7.11 Å². The molecule has 0 aromatic heterocycles. The summed E-state index contributed by atoms with van der Waals surface area (Å²) in [4.78, 5) is 14.5.